The lowest BCUT2D eigenvalue weighted by Crippen LogP contribution is -2.25. The molecule has 1 fully saturated rings. The summed E-state index contributed by atoms with van der Waals surface area (Å²) < 4.78 is 5.36. The first-order chi connectivity index (χ1) is 6.75. The van der Waals surface area contributed by atoms with Crippen LogP contribution in [0.2, 0.25) is 0 Å². The highest BCUT2D eigenvalue weighted by Gasteiger charge is 2.22. The quantitative estimate of drug-likeness (QED) is 0.834. The molecule has 0 saturated carbocycles. The molecule has 1 aliphatic heterocycles. The van der Waals surface area contributed by atoms with Gasteiger partial charge in [-0.05, 0) is 20.3 Å². The second-order valence-corrected chi connectivity index (χ2v) is 4.71. The number of aryl methyl sites for hydroxylation is 1. The van der Waals surface area contributed by atoms with Gasteiger partial charge in [0, 0.05) is 23.9 Å². The molecule has 1 saturated heterocycles. The van der Waals surface area contributed by atoms with Gasteiger partial charge in [-0.25, -0.2) is 4.98 Å². The molecular formula is C10H16N2OS. The number of rotatable bonds is 3. The molecule has 0 bridgehead atoms. The molecule has 78 valence electrons. The van der Waals surface area contributed by atoms with E-state index in [2.05, 4.69) is 22.6 Å². The highest BCUT2D eigenvalue weighted by molar-refractivity contribution is 7.13. The Kier molecular flexibility index (Phi) is 3.03. The molecule has 0 spiro atoms. The van der Waals surface area contributed by atoms with Gasteiger partial charge in [0.15, 0.2) is 5.13 Å². The van der Waals surface area contributed by atoms with Crippen molar-refractivity contribution in [2.24, 2.45) is 5.92 Å². The van der Waals surface area contributed by atoms with Gasteiger partial charge in [0.25, 0.3) is 0 Å². The van der Waals surface area contributed by atoms with E-state index in [1.807, 2.05) is 6.92 Å². The molecule has 1 aromatic heterocycles. The summed E-state index contributed by atoms with van der Waals surface area (Å²) in [4.78, 5) is 4.39. The van der Waals surface area contributed by atoms with E-state index in [9.17, 15) is 0 Å². The third-order valence-electron chi connectivity index (χ3n) is 2.64. The van der Waals surface area contributed by atoms with E-state index in [0.717, 1.165) is 24.0 Å². The zero-order valence-corrected chi connectivity index (χ0v) is 9.43. The van der Waals surface area contributed by atoms with Crippen LogP contribution in [0.25, 0.3) is 0 Å². The van der Waals surface area contributed by atoms with Crippen molar-refractivity contribution < 1.29 is 4.74 Å². The van der Waals surface area contributed by atoms with Crippen LogP contribution in [0.15, 0.2) is 5.38 Å². The summed E-state index contributed by atoms with van der Waals surface area (Å²) in [5.41, 5.74) is 1.09. The first kappa shape index (κ1) is 9.93. The van der Waals surface area contributed by atoms with Gasteiger partial charge in [-0.1, -0.05) is 0 Å². The van der Waals surface area contributed by atoms with Gasteiger partial charge in [0.05, 0.1) is 12.3 Å². The van der Waals surface area contributed by atoms with Crippen molar-refractivity contribution in [1.29, 1.82) is 0 Å². The van der Waals surface area contributed by atoms with Crippen LogP contribution in [0.5, 0.6) is 0 Å². The second-order valence-electron chi connectivity index (χ2n) is 3.85. The van der Waals surface area contributed by atoms with Crippen LogP contribution in [0.4, 0.5) is 5.13 Å². The monoisotopic (exact) mass is 212 g/mol. The zero-order chi connectivity index (χ0) is 9.97. The van der Waals surface area contributed by atoms with E-state index in [1.165, 1.54) is 6.42 Å². The van der Waals surface area contributed by atoms with Crippen molar-refractivity contribution in [1.82, 2.24) is 4.98 Å². The minimum atomic E-state index is 0.461. The smallest absolute Gasteiger partial charge is 0.183 e. The van der Waals surface area contributed by atoms with Crippen molar-refractivity contribution >= 4 is 16.5 Å². The minimum absolute atomic E-state index is 0.461. The summed E-state index contributed by atoms with van der Waals surface area (Å²) in [6, 6.07) is 0.461. The minimum Gasteiger partial charge on any atom is -0.381 e. The maximum atomic E-state index is 5.36. The lowest BCUT2D eigenvalue weighted by molar-refractivity contribution is 0.183. The number of nitrogens with zero attached hydrogens (tertiary/aromatic N) is 1. The fourth-order valence-corrected chi connectivity index (χ4v) is 2.47. The lowest BCUT2D eigenvalue weighted by Gasteiger charge is -2.18. The molecule has 0 amide bonds. The maximum absolute atomic E-state index is 5.36. The Morgan fingerprint density at radius 3 is 3.14 bits per heavy atom. The second kappa shape index (κ2) is 4.28. The number of hydrogen-bond donors (Lipinski definition) is 1. The van der Waals surface area contributed by atoms with Crippen LogP contribution in [-0.2, 0) is 4.74 Å². The number of ether oxygens (including phenoxy) is 1. The van der Waals surface area contributed by atoms with Crippen molar-refractivity contribution in [2.45, 2.75) is 26.3 Å². The van der Waals surface area contributed by atoms with Crippen LogP contribution in [-0.4, -0.2) is 24.2 Å². The van der Waals surface area contributed by atoms with E-state index < -0.39 is 0 Å². The van der Waals surface area contributed by atoms with Gasteiger partial charge in [-0.2, -0.15) is 0 Å². The van der Waals surface area contributed by atoms with E-state index in [4.69, 9.17) is 4.74 Å². The molecule has 3 nitrogen and oxygen atoms in total. The predicted octanol–water partition coefficient (Wildman–Crippen LogP) is 2.29. The molecule has 4 heteroatoms. The Balaban J connectivity index is 1.90. The number of nitrogens with one attached hydrogen (secondary N) is 1. The molecule has 0 aromatic carbocycles. The summed E-state index contributed by atoms with van der Waals surface area (Å²) in [5.74, 6) is 0.638. The molecule has 1 N–H and O–H groups in total. The van der Waals surface area contributed by atoms with Crippen LogP contribution in [0.3, 0.4) is 0 Å². The van der Waals surface area contributed by atoms with E-state index in [-0.39, 0.29) is 0 Å². The van der Waals surface area contributed by atoms with E-state index >= 15 is 0 Å². The Morgan fingerprint density at radius 2 is 2.57 bits per heavy atom. The SMILES string of the molecule is Cc1csc(NC(C)C2CCOC2)n1. The molecule has 2 unspecified atom stereocenters. The molecule has 0 aliphatic carbocycles. The Labute approximate surface area is 88.5 Å². The van der Waals surface area contributed by atoms with Crippen molar-refractivity contribution in [3.8, 4) is 0 Å². The molecule has 0 radical (unpaired) electrons. The first-order valence-electron chi connectivity index (χ1n) is 5.02. The standard InChI is InChI=1S/C10H16N2OS/c1-7-6-14-10(11-7)12-8(2)9-3-4-13-5-9/h6,8-9H,3-5H2,1-2H3,(H,11,12). The summed E-state index contributed by atoms with van der Waals surface area (Å²) in [5, 5.41) is 6.53. The van der Waals surface area contributed by atoms with Crippen LogP contribution < -0.4 is 5.32 Å². The van der Waals surface area contributed by atoms with Gasteiger partial charge in [-0.3, -0.25) is 0 Å². The largest absolute Gasteiger partial charge is 0.381 e. The molecule has 1 aromatic rings. The Morgan fingerprint density at radius 1 is 1.71 bits per heavy atom. The molecule has 2 atom stereocenters. The van der Waals surface area contributed by atoms with E-state index in [0.29, 0.717) is 12.0 Å². The average Bonchev–Trinajstić information content (AvgIpc) is 2.75. The summed E-state index contributed by atoms with van der Waals surface area (Å²) in [7, 11) is 0. The van der Waals surface area contributed by atoms with Gasteiger partial charge in [0.1, 0.15) is 0 Å². The fourth-order valence-electron chi connectivity index (χ4n) is 1.68. The van der Waals surface area contributed by atoms with Gasteiger partial charge >= 0.3 is 0 Å². The van der Waals surface area contributed by atoms with Crippen LogP contribution >= 0.6 is 11.3 Å². The molecule has 2 heterocycles. The molecule has 1 aliphatic rings. The Hall–Kier alpha value is -0.610. The van der Waals surface area contributed by atoms with Crippen molar-refractivity contribution in [3.05, 3.63) is 11.1 Å². The molecular weight excluding hydrogens is 196 g/mol. The molecule has 2 rings (SSSR count). The first-order valence-corrected chi connectivity index (χ1v) is 5.90. The highest BCUT2D eigenvalue weighted by Crippen LogP contribution is 2.22. The molecule has 14 heavy (non-hydrogen) atoms. The summed E-state index contributed by atoms with van der Waals surface area (Å²) in [6.45, 7) is 6.02. The lowest BCUT2D eigenvalue weighted by atomic mass is 10.0. The van der Waals surface area contributed by atoms with Gasteiger partial charge < -0.3 is 10.1 Å². The average molecular weight is 212 g/mol. The number of hydrogen-bond acceptors (Lipinski definition) is 4. The third-order valence-corrected chi connectivity index (χ3v) is 3.53. The zero-order valence-electron chi connectivity index (χ0n) is 8.62. The highest BCUT2D eigenvalue weighted by atomic mass is 32.1. The van der Waals surface area contributed by atoms with Crippen molar-refractivity contribution in [3.63, 3.8) is 0 Å². The van der Waals surface area contributed by atoms with Crippen molar-refractivity contribution in [2.75, 3.05) is 18.5 Å². The van der Waals surface area contributed by atoms with Gasteiger partial charge in [-0.15, -0.1) is 11.3 Å². The Bertz CT molecular complexity index is 294. The predicted molar refractivity (Wildman–Crippen MR) is 58.9 cm³/mol. The summed E-state index contributed by atoms with van der Waals surface area (Å²) >= 11 is 1.67. The number of thiazole rings is 1. The van der Waals surface area contributed by atoms with Crippen LogP contribution in [0, 0.1) is 12.8 Å². The van der Waals surface area contributed by atoms with E-state index in [1.54, 1.807) is 11.3 Å². The topological polar surface area (TPSA) is 34.1 Å². The van der Waals surface area contributed by atoms with Gasteiger partial charge in [0.2, 0.25) is 0 Å². The maximum Gasteiger partial charge on any atom is 0.183 e. The van der Waals surface area contributed by atoms with Crippen LogP contribution in [0.1, 0.15) is 19.0 Å². The number of anilines is 1. The normalized spacial score (nSPS) is 23.7. The fraction of sp³-hybridized carbons (Fsp3) is 0.700. The number of aromatic nitrogens is 1. The summed E-state index contributed by atoms with van der Waals surface area (Å²) in [6.07, 6.45) is 1.17. The third kappa shape index (κ3) is 2.25.